The average Bonchev–Trinajstić information content (AvgIpc) is 3.63. The Bertz CT molecular complexity index is 2060. The van der Waals surface area contributed by atoms with Gasteiger partial charge >= 0.3 is 33.6 Å². The molecule has 0 aromatic carbocycles. The Morgan fingerprint density at radius 1 is 0.326 bits per heavy atom. The molecule has 0 aliphatic heterocycles. The first-order valence-electron chi connectivity index (χ1n) is 34.2. The lowest BCUT2D eigenvalue weighted by Gasteiger charge is -2.21. The van der Waals surface area contributed by atoms with E-state index in [0.717, 1.165) is 109 Å². The summed E-state index contributed by atoms with van der Waals surface area (Å²) in [7, 11) is -9.79. The standard InChI is InChI=1S/C71H122O16P2/c1-4-7-10-13-16-19-22-24-26-28-29-30-31-32-33-34-35-37-39-40-43-45-48-51-54-57-69(74)81-60-66(72)61-83-88(77,78)84-62-67(73)63-85-89(79,80)86-65-68(87-71(76)59-56-53-50-47-42-21-18-15-12-9-6-3)64-82-70(75)58-55-52-49-46-44-41-38-36-27-25-23-20-17-14-11-8-5-2/h8,11,16-17,19-20,24-27,29-30,32-33,38,41,46,49,66-68,72-73H,4-7,9-10,12-15,18,21-23,28,31,34-37,39-40,42-45,47-48,50-65H2,1-3H3,(H,77,78)(H,79,80)/b11-8-,19-16-,20-17-,26-24-,27-25-,30-29-,33-32-,41-38-,49-46-. The Kier molecular flexibility index (Phi) is 61.6. The van der Waals surface area contributed by atoms with Crippen molar-refractivity contribution in [2.45, 2.75) is 283 Å². The Balaban J connectivity index is 4.55. The Hall–Kier alpha value is -3.79. The van der Waals surface area contributed by atoms with Gasteiger partial charge in [-0.25, -0.2) is 9.13 Å². The van der Waals surface area contributed by atoms with E-state index in [1.807, 2.05) is 12.2 Å². The number of hydrogen-bond donors (Lipinski definition) is 4. The van der Waals surface area contributed by atoms with Crippen LogP contribution in [0.5, 0.6) is 0 Å². The molecule has 0 aromatic heterocycles. The van der Waals surface area contributed by atoms with E-state index < -0.39 is 91.5 Å². The molecule has 0 spiro atoms. The topological polar surface area (TPSA) is 231 Å². The second kappa shape index (κ2) is 64.3. The lowest BCUT2D eigenvalue weighted by Crippen LogP contribution is -2.30. The molecule has 5 unspecified atom stereocenters. The molecule has 0 radical (unpaired) electrons. The van der Waals surface area contributed by atoms with Crippen molar-refractivity contribution in [3.63, 3.8) is 0 Å². The maximum atomic E-state index is 12.9. The van der Waals surface area contributed by atoms with Crippen LogP contribution in [0.1, 0.15) is 265 Å². The number of phosphoric acid groups is 2. The lowest BCUT2D eigenvalue weighted by atomic mass is 10.1. The summed E-state index contributed by atoms with van der Waals surface area (Å²) in [5.41, 5.74) is 0. The van der Waals surface area contributed by atoms with Crippen LogP contribution in [0.2, 0.25) is 0 Å². The van der Waals surface area contributed by atoms with Gasteiger partial charge in [-0.2, -0.15) is 0 Å². The van der Waals surface area contributed by atoms with Crippen LogP contribution in [-0.4, -0.2) is 95.9 Å². The number of aliphatic hydroxyl groups excluding tert-OH is 2. The van der Waals surface area contributed by atoms with Crippen molar-refractivity contribution in [3.8, 4) is 0 Å². The molecule has 0 aliphatic carbocycles. The monoisotopic (exact) mass is 1290 g/mol. The highest BCUT2D eigenvalue weighted by molar-refractivity contribution is 7.47. The van der Waals surface area contributed by atoms with Crippen molar-refractivity contribution in [1.29, 1.82) is 0 Å². The Morgan fingerprint density at radius 3 is 1.01 bits per heavy atom. The number of carbonyl (C=O) groups is 3. The molecule has 0 fully saturated rings. The maximum Gasteiger partial charge on any atom is 0.472 e. The molecule has 0 aliphatic rings. The molecule has 18 heteroatoms. The SMILES string of the molecule is CC/C=C\C/C=C\C/C=C\C/C=C\C/C=C\CCCC(=O)OCC(COP(=O)(O)OCC(O)COP(=O)(O)OCC(O)COC(=O)CCCCCCCCCCC/C=C\C/C=C\C/C=C\C/C=C\CCCCC)OC(=O)CCCCCCCCCCCCC. The van der Waals surface area contributed by atoms with Crippen LogP contribution >= 0.6 is 15.6 Å². The molecule has 4 N–H and O–H groups in total. The van der Waals surface area contributed by atoms with Crippen molar-refractivity contribution < 1.29 is 75.8 Å². The fourth-order valence-electron chi connectivity index (χ4n) is 8.77. The van der Waals surface area contributed by atoms with E-state index in [-0.39, 0.29) is 19.3 Å². The van der Waals surface area contributed by atoms with Crippen LogP contribution in [0.15, 0.2) is 109 Å². The first kappa shape index (κ1) is 85.2. The summed E-state index contributed by atoms with van der Waals surface area (Å²) in [6.07, 6.45) is 71.6. The fourth-order valence-corrected chi connectivity index (χ4v) is 10.4. The minimum Gasteiger partial charge on any atom is -0.463 e. The van der Waals surface area contributed by atoms with E-state index in [4.69, 9.17) is 32.3 Å². The van der Waals surface area contributed by atoms with E-state index in [1.165, 1.54) is 89.9 Å². The number of aliphatic hydroxyl groups is 2. The molecular weight excluding hydrogens is 1170 g/mol. The summed E-state index contributed by atoms with van der Waals surface area (Å²) in [6.45, 7) is 2.43. The molecule has 0 bridgehead atoms. The number of esters is 3. The van der Waals surface area contributed by atoms with Crippen LogP contribution in [-0.2, 0) is 55.8 Å². The lowest BCUT2D eigenvalue weighted by molar-refractivity contribution is -0.161. The highest BCUT2D eigenvalue weighted by Gasteiger charge is 2.29. The normalized spacial score (nSPS) is 14.9. The third-order valence-corrected chi connectivity index (χ3v) is 15.9. The zero-order chi connectivity index (χ0) is 65.3. The molecule has 16 nitrogen and oxygen atoms in total. The van der Waals surface area contributed by atoms with Gasteiger partial charge in [0.2, 0.25) is 0 Å². The summed E-state index contributed by atoms with van der Waals surface area (Å²) < 4.78 is 60.7. The van der Waals surface area contributed by atoms with Crippen molar-refractivity contribution in [2.75, 3.05) is 39.6 Å². The van der Waals surface area contributed by atoms with Gasteiger partial charge in [0.05, 0.1) is 26.4 Å². The summed E-state index contributed by atoms with van der Waals surface area (Å²) in [4.78, 5) is 58.2. The molecule has 0 heterocycles. The van der Waals surface area contributed by atoms with Crippen molar-refractivity contribution in [1.82, 2.24) is 0 Å². The summed E-state index contributed by atoms with van der Waals surface area (Å²) in [5.74, 6) is -1.65. The molecular formula is C71H122O16P2. The van der Waals surface area contributed by atoms with E-state index in [1.54, 1.807) is 0 Å². The first-order valence-corrected chi connectivity index (χ1v) is 37.2. The molecule has 0 rings (SSSR count). The van der Waals surface area contributed by atoms with E-state index in [2.05, 4.69) is 118 Å². The number of rotatable bonds is 64. The van der Waals surface area contributed by atoms with Crippen molar-refractivity contribution >= 4 is 33.6 Å². The van der Waals surface area contributed by atoms with Crippen LogP contribution in [0.4, 0.5) is 0 Å². The van der Waals surface area contributed by atoms with Gasteiger partial charge in [0.15, 0.2) is 6.10 Å². The van der Waals surface area contributed by atoms with Gasteiger partial charge in [0, 0.05) is 19.3 Å². The quantitative estimate of drug-likeness (QED) is 0.0146. The zero-order valence-electron chi connectivity index (χ0n) is 55.3. The molecule has 5 atom stereocenters. The van der Waals surface area contributed by atoms with Crippen LogP contribution in [0.25, 0.3) is 0 Å². The largest absolute Gasteiger partial charge is 0.472 e. The van der Waals surface area contributed by atoms with E-state index in [0.29, 0.717) is 25.7 Å². The van der Waals surface area contributed by atoms with Crippen molar-refractivity contribution in [2.24, 2.45) is 0 Å². The number of allylic oxidation sites excluding steroid dienone is 18. The molecule has 0 saturated heterocycles. The smallest absolute Gasteiger partial charge is 0.463 e. The summed E-state index contributed by atoms with van der Waals surface area (Å²) in [5, 5.41) is 20.5. The molecule has 0 saturated carbocycles. The minimum absolute atomic E-state index is 0.0920. The summed E-state index contributed by atoms with van der Waals surface area (Å²) in [6, 6.07) is 0. The molecule has 0 aromatic rings. The number of hydrogen-bond acceptors (Lipinski definition) is 14. The van der Waals surface area contributed by atoms with Gasteiger partial charge in [0.1, 0.15) is 25.4 Å². The van der Waals surface area contributed by atoms with E-state index >= 15 is 0 Å². The first-order chi connectivity index (χ1) is 43.2. The second-order valence-electron chi connectivity index (χ2n) is 22.6. The second-order valence-corrected chi connectivity index (χ2v) is 25.5. The van der Waals surface area contributed by atoms with Crippen LogP contribution in [0, 0.1) is 0 Å². The van der Waals surface area contributed by atoms with E-state index in [9.17, 15) is 43.5 Å². The van der Waals surface area contributed by atoms with Crippen molar-refractivity contribution in [3.05, 3.63) is 109 Å². The summed E-state index contributed by atoms with van der Waals surface area (Å²) >= 11 is 0. The number of unbranched alkanes of at least 4 members (excludes halogenated alkanes) is 23. The van der Waals surface area contributed by atoms with Gasteiger partial charge in [-0.3, -0.25) is 32.5 Å². The average molecular weight is 1290 g/mol. The molecule has 512 valence electrons. The molecule has 89 heavy (non-hydrogen) atoms. The predicted octanol–water partition coefficient (Wildman–Crippen LogP) is 18.9. The predicted molar refractivity (Wildman–Crippen MR) is 362 cm³/mol. The third kappa shape index (κ3) is 65.5. The van der Waals surface area contributed by atoms with Gasteiger partial charge in [-0.15, -0.1) is 0 Å². The molecule has 0 amide bonds. The highest BCUT2D eigenvalue weighted by Crippen LogP contribution is 2.45. The third-order valence-electron chi connectivity index (χ3n) is 14.0. The number of ether oxygens (including phenoxy) is 3. The zero-order valence-corrected chi connectivity index (χ0v) is 57.1. The number of carbonyl (C=O) groups excluding carboxylic acids is 3. The Labute approximate surface area is 539 Å². The number of phosphoric ester groups is 2. The van der Waals surface area contributed by atoms with Gasteiger partial charge in [-0.1, -0.05) is 252 Å². The van der Waals surface area contributed by atoms with Gasteiger partial charge in [-0.05, 0) is 103 Å². The fraction of sp³-hybridized carbons (Fsp3) is 0.704. The Morgan fingerprint density at radius 2 is 0.607 bits per heavy atom. The maximum absolute atomic E-state index is 12.9. The van der Waals surface area contributed by atoms with Crippen LogP contribution < -0.4 is 0 Å². The minimum atomic E-state index is -4.93. The van der Waals surface area contributed by atoms with Gasteiger partial charge in [0.25, 0.3) is 0 Å². The van der Waals surface area contributed by atoms with Crippen LogP contribution in [0.3, 0.4) is 0 Å². The van der Waals surface area contributed by atoms with Gasteiger partial charge < -0.3 is 34.2 Å². The highest BCUT2D eigenvalue weighted by atomic mass is 31.2.